The maximum absolute atomic E-state index is 13.2. The summed E-state index contributed by atoms with van der Waals surface area (Å²) in [6, 6.07) is 8.49. The van der Waals surface area contributed by atoms with Crippen LogP contribution in [0.5, 0.6) is 5.75 Å². The van der Waals surface area contributed by atoms with Gasteiger partial charge in [-0.25, -0.2) is 0 Å². The molecule has 30 heavy (non-hydrogen) atoms. The second-order valence-electron chi connectivity index (χ2n) is 7.92. The van der Waals surface area contributed by atoms with E-state index in [2.05, 4.69) is 15.9 Å². The van der Waals surface area contributed by atoms with Gasteiger partial charge < -0.3 is 14.2 Å². The minimum atomic E-state index is -4.40. The van der Waals surface area contributed by atoms with E-state index in [0.29, 0.717) is 25.0 Å². The lowest BCUT2D eigenvalue weighted by atomic mass is 9.91. The average molecular weight is 483 g/mol. The summed E-state index contributed by atoms with van der Waals surface area (Å²) in [5.41, 5.74) is 2.14. The van der Waals surface area contributed by atoms with Crippen LogP contribution >= 0.6 is 15.9 Å². The van der Waals surface area contributed by atoms with Crippen LogP contribution in [0.4, 0.5) is 13.2 Å². The molecule has 0 N–H and O–H groups in total. The summed E-state index contributed by atoms with van der Waals surface area (Å²) >= 11 is 3.16. The zero-order valence-corrected chi connectivity index (χ0v) is 17.6. The summed E-state index contributed by atoms with van der Waals surface area (Å²) in [5.74, 6) is 0.398. The number of alkyl halides is 3. The number of rotatable bonds is 3. The number of methoxy groups -OCH3 is 1. The first-order valence-electron chi connectivity index (χ1n) is 9.65. The standard InChI is InChI=1S/C22H18BrF3O4/c1-28-18(27)9-12-10-29-17-8-11(2-3-13(12)17)20-21(30-20)7-6-14-15(21)4-5-16(19(14)23)22(24,25)26/h2-5,8,12,20H,6-7,9-10H2,1H3. The van der Waals surface area contributed by atoms with Gasteiger partial charge in [-0.1, -0.05) is 18.2 Å². The Kier molecular flexibility index (Phi) is 4.45. The fourth-order valence-electron chi connectivity index (χ4n) is 4.74. The van der Waals surface area contributed by atoms with Crippen molar-refractivity contribution in [3.63, 3.8) is 0 Å². The molecule has 1 spiro atoms. The van der Waals surface area contributed by atoms with Crippen LogP contribution in [0.1, 0.15) is 52.7 Å². The SMILES string of the molecule is COC(=O)CC1COc2cc(C3OC34CCc3c4ccc(C(F)(F)F)c3Br)ccc21. The molecule has 2 aromatic carbocycles. The highest BCUT2D eigenvalue weighted by Gasteiger charge is 2.62. The van der Waals surface area contributed by atoms with E-state index in [1.165, 1.54) is 7.11 Å². The minimum Gasteiger partial charge on any atom is -0.493 e. The molecule has 1 saturated heterocycles. The molecule has 0 saturated carbocycles. The topological polar surface area (TPSA) is 48.1 Å². The van der Waals surface area contributed by atoms with E-state index in [1.807, 2.05) is 18.2 Å². The largest absolute Gasteiger partial charge is 0.493 e. The highest BCUT2D eigenvalue weighted by Crippen LogP contribution is 2.65. The molecule has 158 valence electrons. The van der Waals surface area contributed by atoms with E-state index in [4.69, 9.17) is 14.2 Å². The summed E-state index contributed by atoms with van der Waals surface area (Å²) in [5, 5.41) is 0. The maximum Gasteiger partial charge on any atom is 0.417 e. The van der Waals surface area contributed by atoms with Crippen molar-refractivity contribution >= 4 is 21.9 Å². The number of ether oxygens (including phenoxy) is 3. The predicted octanol–water partition coefficient (Wildman–Crippen LogP) is 5.42. The van der Waals surface area contributed by atoms with E-state index in [0.717, 1.165) is 28.5 Å². The van der Waals surface area contributed by atoms with Crippen molar-refractivity contribution in [2.24, 2.45) is 0 Å². The Morgan fingerprint density at radius 1 is 1.30 bits per heavy atom. The lowest BCUT2D eigenvalue weighted by Crippen LogP contribution is -2.10. The van der Waals surface area contributed by atoms with Gasteiger partial charge in [0, 0.05) is 16.0 Å². The first-order valence-corrected chi connectivity index (χ1v) is 10.4. The molecule has 1 aliphatic carbocycles. The van der Waals surface area contributed by atoms with Crippen LogP contribution in [0, 0.1) is 0 Å². The predicted molar refractivity (Wildman–Crippen MR) is 104 cm³/mol. The zero-order chi connectivity index (χ0) is 21.3. The van der Waals surface area contributed by atoms with Gasteiger partial charge in [0.1, 0.15) is 17.5 Å². The summed E-state index contributed by atoms with van der Waals surface area (Å²) in [6.07, 6.45) is -3.20. The summed E-state index contributed by atoms with van der Waals surface area (Å²) in [6.45, 7) is 0.417. The molecule has 3 unspecified atom stereocenters. The highest BCUT2D eigenvalue weighted by molar-refractivity contribution is 9.10. The molecule has 2 heterocycles. The Morgan fingerprint density at radius 3 is 2.83 bits per heavy atom. The lowest BCUT2D eigenvalue weighted by Gasteiger charge is -2.14. The first kappa shape index (κ1) is 19.9. The van der Waals surface area contributed by atoms with Crippen LogP contribution in [0.15, 0.2) is 34.8 Å². The van der Waals surface area contributed by atoms with Crippen molar-refractivity contribution in [3.05, 3.63) is 62.6 Å². The summed E-state index contributed by atoms with van der Waals surface area (Å²) in [4.78, 5) is 11.6. The van der Waals surface area contributed by atoms with E-state index < -0.39 is 17.3 Å². The number of esters is 1. The van der Waals surface area contributed by atoms with Gasteiger partial charge in [0.25, 0.3) is 0 Å². The third kappa shape index (κ3) is 2.95. The van der Waals surface area contributed by atoms with Gasteiger partial charge in [-0.05, 0) is 57.6 Å². The molecule has 2 aromatic rings. The number of carbonyl (C=O) groups is 1. The van der Waals surface area contributed by atoms with Crippen molar-refractivity contribution in [1.82, 2.24) is 0 Å². The van der Waals surface area contributed by atoms with E-state index in [-0.39, 0.29) is 28.9 Å². The highest BCUT2D eigenvalue weighted by atomic mass is 79.9. The second kappa shape index (κ2) is 6.72. The maximum atomic E-state index is 13.2. The molecule has 2 aliphatic heterocycles. The van der Waals surface area contributed by atoms with Crippen LogP contribution in [0.25, 0.3) is 0 Å². The first-order chi connectivity index (χ1) is 14.2. The van der Waals surface area contributed by atoms with Gasteiger partial charge in [0.15, 0.2) is 0 Å². The van der Waals surface area contributed by atoms with Crippen molar-refractivity contribution in [1.29, 1.82) is 0 Å². The molecule has 5 rings (SSSR count). The molecule has 4 nitrogen and oxygen atoms in total. The number of halogens is 4. The number of benzene rings is 2. The third-order valence-electron chi connectivity index (χ3n) is 6.31. The third-order valence-corrected chi connectivity index (χ3v) is 7.21. The number of hydrogen-bond donors (Lipinski definition) is 0. The number of carbonyl (C=O) groups excluding carboxylic acids is 1. The Labute approximate surface area is 179 Å². The summed E-state index contributed by atoms with van der Waals surface area (Å²) < 4.78 is 56.4. The molecule has 0 amide bonds. The molecular weight excluding hydrogens is 465 g/mol. The normalized spacial score (nSPS) is 26.3. The fraction of sp³-hybridized carbons (Fsp3) is 0.409. The van der Waals surface area contributed by atoms with Gasteiger partial charge >= 0.3 is 12.1 Å². The van der Waals surface area contributed by atoms with Gasteiger partial charge in [-0.15, -0.1) is 0 Å². The molecule has 8 heteroatoms. The Morgan fingerprint density at radius 2 is 2.10 bits per heavy atom. The van der Waals surface area contributed by atoms with Crippen LogP contribution in [-0.2, 0) is 32.5 Å². The molecule has 0 radical (unpaired) electrons. The molecular formula is C22H18BrF3O4. The van der Waals surface area contributed by atoms with Crippen molar-refractivity contribution in [2.75, 3.05) is 13.7 Å². The smallest absolute Gasteiger partial charge is 0.417 e. The van der Waals surface area contributed by atoms with Crippen molar-refractivity contribution < 1.29 is 32.2 Å². The van der Waals surface area contributed by atoms with Gasteiger partial charge in [0.2, 0.25) is 0 Å². The quantitative estimate of drug-likeness (QED) is 0.432. The van der Waals surface area contributed by atoms with Crippen LogP contribution in [0.2, 0.25) is 0 Å². The van der Waals surface area contributed by atoms with Crippen LogP contribution in [0.3, 0.4) is 0 Å². The Bertz CT molecular complexity index is 1050. The van der Waals surface area contributed by atoms with Crippen LogP contribution < -0.4 is 4.74 Å². The zero-order valence-electron chi connectivity index (χ0n) is 16.0. The summed E-state index contributed by atoms with van der Waals surface area (Å²) in [7, 11) is 1.36. The minimum absolute atomic E-state index is 0.0421. The van der Waals surface area contributed by atoms with E-state index >= 15 is 0 Å². The lowest BCUT2D eigenvalue weighted by molar-refractivity contribution is -0.141. The molecule has 3 aliphatic rings. The van der Waals surface area contributed by atoms with Gasteiger partial charge in [-0.2, -0.15) is 13.2 Å². The Hall–Kier alpha value is -2.06. The van der Waals surface area contributed by atoms with Gasteiger partial charge in [0.05, 0.1) is 25.7 Å². The molecule has 0 aromatic heterocycles. The fourth-order valence-corrected chi connectivity index (χ4v) is 5.51. The van der Waals surface area contributed by atoms with E-state index in [9.17, 15) is 18.0 Å². The monoisotopic (exact) mass is 482 g/mol. The average Bonchev–Trinajstić information content (AvgIpc) is 3.11. The number of hydrogen-bond acceptors (Lipinski definition) is 4. The molecule has 1 fully saturated rings. The molecule has 3 atom stereocenters. The number of fused-ring (bicyclic) bond motifs is 3. The van der Waals surface area contributed by atoms with Crippen molar-refractivity contribution in [3.8, 4) is 5.75 Å². The number of epoxide rings is 1. The van der Waals surface area contributed by atoms with Gasteiger partial charge in [-0.3, -0.25) is 4.79 Å². The van der Waals surface area contributed by atoms with Crippen molar-refractivity contribution in [2.45, 2.75) is 43.1 Å². The van der Waals surface area contributed by atoms with E-state index in [1.54, 1.807) is 6.07 Å². The van der Waals surface area contributed by atoms with Crippen LogP contribution in [-0.4, -0.2) is 19.7 Å². The molecule has 0 bridgehead atoms. The Balaban J connectivity index is 1.42. The second-order valence-corrected chi connectivity index (χ2v) is 8.72.